The summed E-state index contributed by atoms with van der Waals surface area (Å²) in [7, 11) is -3.03. The van der Waals surface area contributed by atoms with E-state index in [4.69, 9.17) is 0 Å². The smallest absolute Gasteiger partial charge is 0.307 e. The largest absolute Gasteiger partial charge is 0.469 e. The third kappa shape index (κ3) is 4.57. The summed E-state index contributed by atoms with van der Waals surface area (Å²) in [6.07, 6.45) is -0.242. The molecule has 0 aliphatic heterocycles. The fourth-order valence-corrected chi connectivity index (χ4v) is 3.99. The maximum atomic E-state index is 13.2. The molecule has 1 atom stereocenters. The normalized spacial score (nSPS) is 12.8. The average Bonchev–Trinajstić information content (AvgIpc) is 2.99. The highest BCUT2D eigenvalue weighted by molar-refractivity contribution is 7.89. The number of esters is 1. The first-order chi connectivity index (χ1) is 10.8. The molecule has 9 heteroatoms. The van der Waals surface area contributed by atoms with Gasteiger partial charge < -0.3 is 4.74 Å². The summed E-state index contributed by atoms with van der Waals surface area (Å²) in [5, 5.41) is 1.72. The van der Waals surface area contributed by atoms with Crippen LogP contribution >= 0.6 is 11.3 Å². The number of sulfonamides is 1. The van der Waals surface area contributed by atoms with Crippen molar-refractivity contribution in [3.8, 4) is 0 Å². The van der Waals surface area contributed by atoms with Crippen LogP contribution in [-0.2, 0) is 19.6 Å². The van der Waals surface area contributed by atoms with E-state index in [-0.39, 0.29) is 6.42 Å². The minimum Gasteiger partial charge on any atom is -0.469 e. The van der Waals surface area contributed by atoms with Crippen molar-refractivity contribution in [1.29, 1.82) is 0 Å². The fraction of sp³-hybridized carbons (Fsp3) is 0.214. The summed E-state index contributed by atoms with van der Waals surface area (Å²) >= 11 is 1.24. The lowest BCUT2D eigenvalue weighted by Crippen LogP contribution is -2.30. The number of methoxy groups -OCH3 is 1. The first kappa shape index (κ1) is 17.5. The average molecular weight is 361 g/mol. The van der Waals surface area contributed by atoms with Gasteiger partial charge >= 0.3 is 5.97 Å². The Hall–Kier alpha value is -1.84. The highest BCUT2D eigenvalue weighted by Gasteiger charge is 2.25. The number of rotatable bonds is 6. The van der Waals surface area contributed by atoms with Gasteiger partial charge in [0.15, 0.2) is 0 Å². The molecule has 0 bridgehead atoms. The Morgan fingerprint density at radius 2 is 1.96 bits per heavy atom. The molecule has 0 amide bonds. The molecule has 0 aliphatic rings. The quantitative estimate of drug-likeness (QED) is 0.803. The van der Waals surface area contributed by atoms with Crippen LogP contribution in [0, 0.1) is 11.6 Å². The molecule has 23 heavy (non-hydrogen) atoms. The van der Waals surface area contributed by atoms with Gasteiger partial charge in [0.2, 0.25) is 10.0 Å². The third-order valence-electron chi connectivity index (χ3n) is 2.93. The summed E-state index contributed by atoms with van der Waals surface area (Å²) in [5.41, 5.74) is 0. The predicted molar refractivity (Wildman–Crippen MR) is 80.4 cm³/mol. The van der Waals surface area contributed by atoms with Gasteiger partial charge in [0.05, 0.1) is 24.5 Å². The van der Waals surface area contributed by atoms with Gasteiger partial charge in [-0.05, 0) is 23.6 Å². The van der Waals surface area contributed by atoms with Gasteiger partial charge in [-0.2, -0.15) is 0 Å². The molecule has 124 valence electrons. The van der Waals surface area contributed by atoms with E-state index in [1.165, 1.54) is 18.4 Å². The van der Waals surface area contributed by atoms with Gasteiger partial charge in [0.1, 0.15) is 11.6 Å². The van der Waals surface area contributed by atoms with E-state index < -0.39 is 38.6 Å². The topological polar surface area (TPSA) is 72.5 Å². The number of halogens is 2. The molecule has 0 saturated heterocycles. The predicted octanol–water partition coefficient (Wildman–Crippen LogP) is 2.61. The Kier molecular flexibility index (Phi) is 5.45. The van der Waals surface area contributed by atoms with E-state index in [0.29, 0.717) is 23.1 Å². The van der Waals surface area contributed by atoms with Crippen molar-refractivity contribution >= 4 is 27.3 Å². The molecule has 1 N–H and O–H groups in total. The minimum atomic E-state index is -4.22. The standard InChI is InChI=1S/C14H13F2NO4S2/c1-21-14(18)8-12(13-3-2-4-22-13)17-23(19,20)11-6-9(15)5-10(16)7-11/h2-7,12,17H,8H2,1H3. The Morgan fingerprint density at radius 1 is 1.30 bits per heavy atom. The number of carbonyl (C=O) groups excluding carboxylic acids is 1. The zero-order valence-electron chi connectivity index (χ0n) is 12.0. The van der Waals surface area contributed by atoms with Crippen molar-refractivity contribution in [3.05, 3.63) is 52.2 Å². The van der Waals surface area contributed by atoms with Crippen molar-refractivity contribution in [2.75, 3.05) is 7.11 Å². The Morgan fingerprint density at radius 3 is 2.48 bits per heavy atom. The van der Waals surface area contributed by atoms with Gasteiger partial charge in [-0.25, -0.2) is 21.9 Å². The van der Waals surface area contributed by atoms with Crippen molar-refractivity contribution in [2.24, 2.45) is 0 Å². The Labute approximate surface area is 136 Å². The van der Waals surface area contributed by atoms with Crippen LogP contribution in [0.2, 0.25) is 0 Å². The van der Waals surface area contributed by atoms with Crippen LogP contribution in [-0.4, -0.2) is 21.5 Å². The molecule has 0 aliphatic carbocycles. The number of ether oxygens (including phenoxy) is 1. The molecule has 0 spiro atoms. The van der Waals surface area contributed by atoms with Crippen molar-refractivity contribution in [1.82, 2.24) is 4.72 Å². The zero-order valence-corrected chi connectivity index (χ0v) is 13.6. The Balaban J connectivity index is 2.32. The highest BCUT2D eigenvalue weighted by atomic mass is 32.2. The maximum Gasteiger partial charge on any atom is 0.307 e. The van der Waals surface area contributed by atoms with E-state index in [1.54, 1.807) is 17.5 Å². The van der Waals surface area contributed by atoms with Crippen LogP contribution < -0.4 is 4.72 Å². The van der Waals surface area contributed by atoms with Gasteiger partial charge in [0, 0.05) is 10.9 Å². The van der Waals surface area contributed by atoms with Gasteiger partial charge in [-0.3, -0.25) is 4.79 Å². The second-order valence-corrected chi connectivity index (χ2v) is 7.27. The number of nitrogens with one attached hydrogen (secondary N) is 1. The monoisotopic (exact) mass is 361 g/mol. The second kappa shape index (κ2) is 7.16. The van der Waals surface area contributed by atoms with Crippen LogP contribution in [0.4, 0.5) is 8.78 Å². The lowest BCUT2D eigenvalue weighted by molar-refractivity contribution is -0.141. The minimum absolute atomic E-state index is 0.242. The van der Waals surface area contributed by atoms with Gasteiger partial charge in [-0.15, -0.1) is 11.3 Å². The van der Waals surface area contributed by atoms with Gasteiger partial charge in [0.25, 0.3) is 0 Å². The maximum absolute atomic E-state index is 13.2. The lowest BCUT2D eigenvalue weighted by Gasteiger charge is -2.16. The molecule has 1 aromatic heterocycles. The van der Waals surface area contributed by atoms with Crippen molar-refractivity contribution < 1.29 is 26.7 Å². The van der Waals surface area contributed by atoms with E-state index in [1.807, 2.05) is 0 Å². The van der Waals surface area contributed by atoms with E-state index in [0.717, 1.165) is 0 Å². The molecule has 0 saturated carbocycles. The molecule has 1 aromatic carbocycles. The third-order valence-corrected chi connectivity index (χ3v) is 5.37. The fourth-order valence-electron chi connectivity index (χ4n) is 1.88. The molecule has 2 rings (SSSR count). The molecular weight excluding hydrogens is 348 g/mol. The first-order valence-corrected chi connectivity index (χ1v) is 8.77. The molecule has 0 fully saturated rings. The lowest BCUT2D eigenvalue weighted by atomic mass is 10.2. The summed E-state index contributed by atoms with van der Waals surface area (Å²) in [6, 6.07) is 4.43. The summed E-state index contributed by atoms with van der Waals surface area (Å²) in [5.74, 6) is -2.63. The van der Waals surface area contributed by atoms with E-state index in [2.05, 4.69) is 9.46 Å². The SMILES string of the molecule is COC(=O)CC(NS(=O)(=O)c1cc(F)cc(F)c1)c1cccs1. The second-order valence-electron chi connectivity index (χ2n) is 4.57. The Bertz CT molecular complexity index is 771. The molecule has 1 heterocycles. The number of benzene rings is 1. The van der Waals surface area contributed by atoms with Crippen molar-refractivity contribution in [3.63, 3.8) is 0 Å². The summed E-state index contributed by atoms with van der Waals surface area (Å²) < 4.78 is 57.9. The van der Waals surface area contributed by atoms with Crippen LogP contribution in [0.1, 0.15) is 17.3 Å². The van der Waals surface area contributed by atoms with Crippen LogP contribution in [0.5, 0.6) is 0 Å². The summed E-state index contributed by atoms with van der Waals surface area (Å²) in [4.78, 5) is 11.5. The van der Waals surface area contributed by atoms with E-state index >= 15 is 0 Å². The van der Waals surface area contributed by atoms with Crippen LogP contribution in [0.3, 0.4) is 0 Å². The molecule has 1 unspecified atom stereocenters. The number of carbonyl (C=O) groups is 1. The number of thiophene rings is 1. The molecule has 2 aromatic rings. The first-order valence-electron chi connectivity index (χ1n) is 6.40. The zero-order chi connectivity index (χ0) is 17.0. The number of hydrogen-bond acceptors (Lipinski definition) is 5. The highest BCUT2D eigenvalue weighted by Crippen LogP contribution is 2.25. The summed E-state index contributed by atoms with van der Waals surface area (Å²) in [6.45, 7) is 0. The molecular formula is C14H13F2NO4S2. The molecule has 0 radical (unpaired) electrons. The van der Waals surface area contributed by atoms with Crippen molar-refractivity contribution in [2.45, 2.75) is 17.4 Å². The van der Waals surface area contributed by atoms with E-state index in [9.17, 15) is 22.0 Å². The van der Waals surface area contributed by atoms with Crippen LogP contribution in [0.25, 0.3) is 0 Å². The van der Waals surface area contributed by atoms with Gasteiger partial charge in [-0.1, -0.05) is 6.07 Å². The number of hydrogen-bond donors (Lipinski definition) is 1. The van der Waals surface area contributed by atoms with Crippen LogP contribution in [0.15, 0.2) is 40.6 Å². The molecule has 5 nitrogen and oxygen atoms in total.